The molecule has 0 bridgehead atoms. The summed E-state index contributed by atoms with van der Waals surface area (Å²) in [6, 6.07) is 18.0. The molecule has 0 saturated carbocycles. The van der Waals surface area contributed by atoms with Crippen LogP contribution in [0.25, 0.3) is 0 Å². The van der Waals surface area contributed by atoms with Crippen LogP contribution in [0.15, 0.2) is 70.2 Å². The topological polar surface area (TPSA) is 89.0 Å². The van der Waals surface area contributed by atoms with Crippen molar-refractivity contribution in [2.45, 2.75) is 20.5 Å². The molecule has 3 aromatic rings. The normalized spacial score (nSPS) is 11.0. The van der Waals surface area contributed by atoms with Crippen LogP contribution in [0.5, 0.6) is 11.5 Å². The number of amides is 2. The van der Waals surface area contributed by atoms with E-state index in [0.29, 0.717) is 33.5 Å². The molecule has 34 heavy (non-hydrogen) atoms. The van der Waals surface area contributed by atoms with Crippen LogP contribution in [-0.2, 0) is 16.2 Å². The maximum absolute atomic E-state index is 12.2. The lowest BCUT2D eigenvalue weighted by atomic mass is 10.1. The highest BCUT2D eigenvalue weighted by molar-refractivity contribution is 9.10. The standard InChI is InChI=1S/C25H23BrClN3O4/c1-15-12-19(26)9-10-21(15)28-24(31)25(32)30-29-16(2)17-8-11-22(23(13-17)33-3)34-14-18-6-4-5-7-20(18)27/h4-13H,14H2,1-3H3,(H,28,31)(H,30,32)/b29-16+. The number of hydrazone groups is 1. The van der Waals surface area contributed by atoms with Gasteiger partial charge in [-0.1, -0.05) is 45.7 Å². The van der Waals surface area contributed by atoms with Crippen LogP contribution < -0.4 is 20.2 Å². The number of benzene rings is 3. The minimum atomic E-state index is -0.881. The Balaban J connectivity index is 1.64. The van der Waals surface area contributed by atoms with E-state index < -0.39 is 11.8 Å². The van der Waals surface area contributed by atoms with Crippen molar-refractivity contribution < 1.29 is 19.1 Å². The SMILES string of the molecule is COc1cc(/C(C)=N/NC(=O)C(=O)Nc2ccc(Br)cc2C)ccc1OCc1ccccc1Cl. The van der Waals surface area contributed by atoms with Crippen LogP contribution in [0.3, 0.4) is 0 Å². The number of halogens is 2. The van der Waals surface area contributed by atoms with Gasteiger partial charge in [-0.15, -0.1) is 0 Å². The zero-order valence-electron chi connectivity index (χ0n) is 18.8. The monoisotopic (exact) mass is 543 g/mol. The highest BCUT2D eigenvalue weighted by atomic mass is 79.9. The molecule has 2 N–H and O–H groups in total. The second-order valence-electron chi connectivity index (χ2n) is 7.30. The molecule has 0 fully saturated rings. The minimum absolute atomic E-state index is 0.283. The van der Waals surface area contributed by atoms with Gasteiger partial charge in [0.15, 0.2) is 11.5 Å². The van der Waals surface area contributed by atoms with Crippen LogP contribution in [0, 0.1) is 6.92 Å². The number of carbonyl (C=O) groups is 2. The number of aryl methyl sites for hydroxylation is 1. The summed E-state index contributed by atoms with van der Waals surface area (Å²) < 4.78 is 12.2. The van der Waals surface area contributed by atoms with E-state index in [2.05, 4.69) is 31.8 Å². The number of rotatable bonds is 7. The average Bonchev–Trinajstić information content (AvgIpc) is 2.83. The van der Waals surface area contributed by atoms with Crippen LogP contribution in [0.1, 0.15) is 23.6 Å². The summed E-state index contributed by atoms with van der Waals surface area (Å²) in [6.07, 6.45) is 0. The van der Waals surface area contributed by atoms with Gasteiger partial charge in [0, 0.05) is 26.3 Å². The largest absolute Gasteiger partial charge is 0.493 e. The molecule has 0 aromatic heterocycles. The number of nitrogens with zero attached hydrogens (tertiary/aromatic N) is 1. The predicted molar refractivity (Wildman–Crippen MR) is 137 cm³/mol. The van der Waals surface area contributed by atoms with E-state index in [1.807, 2.05) is 31.2 Å². The molecular formula is C25H23BrClN3O4. The molecule has 2 amide bonds. The lowest BCUT2D eigenvalue weighted by Crippen LogP contribution is -2.33. The highest BCUT2D eigenvalue weighted by Crippen LogP contribution is 2.30. The van der Waals surface area contributed by atoms with Crippen molar-refractivity contribution in [3.63, 3.8) is 0 Å². The fraction of sp³-hybridized carbons (Fsp3) is 0.160. The molecule has 7 nitrogen and oxygen atoms in total. The van der Waals surface area contributed by atoms with Gasteiger partial charge < -0.3 is 14.8 Å². The summed E-state index contributed by atoms with van der Waals surface area (Å²) in [7, 11) is 1.53. The predicted octanol–water partition coefficient (Wildman–Crippen LogP) is 5.48. The maximum atomic E-state index is 12.2. The van der Waals surface area contributed by atoms with E-state index in [-0.39, 0.29) is 6.61 Å². The Hall–Kier alpha value is -3.36. The Labute approximate surface area is 211 Å². The molecule has 0 spiro atoms. The fourth-order valence-electron chi connectivity index (χ4n) is 2.98. The Bertz CT molecular complexity index is 1250. The molecule has 0 aliphatic rings. The first-order valence-electron chi connectivity index (χ1n) is 10.2. The summed E-state index contributed by atoms with van der Waals surface area (Å²) in [5.41, 5.74) is 5.66. The van der Waals surface area contributed by atoms with E-state index in [1.165, 1.54) is 7.11 Å². The second-order valence-corrected chi connectivity index (χ2v) is 8.62. The summed E-state index contributed by atoms with van der Waals surface area (Å²) in [5.74, 6) is -0.669. The fourth-order valence-corrected chi connectivity index (χ4v) is 3.65. The Morgan fingerprint density at radius 3 is 2.50 bits per heavy atom. The zero-order valence-corrected chi connectivity index (χ0v) is 21.2. The first kappa shape index (κ1) is 25.3. The number of carbonyl (C=O) groups excluding carboxylic acids is 2. The van der Waals surface area contributed by atoms with Crippen molar-refractivity contribution in [1.82, 2.24) is 5.43 Å². The van der Waals surface area contributed by atoms with Gasteiger partial charge in [-0.2, -0.15) is 5.10 Å². The molecule has 9 heteroatoms. The van der Waals surface area contributed by atoms with Gasteiger partial charge >= 0.3 is 11.8 Å². The van der Waals surface area contributed by atoms with E-state index in [9.17, 15) is 9.59 Å². The molecule has 0 saturated heterocycles. The molecule has 3 aromatic carbocycles. The van der Waals surface area contributed by atoms with Gasteiger partial charge in [0.25, 0.3) is 0 Å². The number of anilines is 1. The van der Waals surface area contributed by atoms with Crippen LogP contribution in [-0.4, -0.2) is 24.6 Å². The molecular weight excluding hydrogens is 522 g/mol. The maximum Gasteiger partial charge on any atom is 0.329 e. The van der Waals surface area contributed by atoms with Crippen molar-refractivity contribution in [2.24, 2.45) is 5.10 Å². The molecule has 0 unspecified atom stereocenters. The quantitative estimate of drug-likeness (QED) is 0.234. The van der Waals surface area contributed by atoms with Crippen molar-refractivity contribution in [1.29, 1.82) is 0 Å². The average molecular weight is 545 g/mol. The van der Waals surface area contributed by atoms with Crippen LogP contribution in [0.4, 0.5) is 5.69 Å². The van der Waals surface area contributed by atoms with Crippen molar-refractivity contribution in [3.8, 4) is 11.5 Å². The zero-order chi connectivity index (χ0) is 24.7. The van der Waals surface area contributed by atoms with Crippen molar-refractivity contribution in [3.05, 3.63) is 86.8 Å². The molecule has 3 rings (SSSR count). The molecule has 0 aliphatic carbocycles. The summed E-state index contributed by atoms with van der Waals surface area (Å²) >= 11 is 9.54. The number of nitrogens with one attached hydrogen (secondary N) is 2. The van der Waals surface area contributed by atoms with Crippen LogP contribution in [0.2, 0.25) is 5.02 Å². The van der Waals surface area contributed by atoms with E-state index in [0.717, 1.165) is 15.6 Å². The van der Waals surface area contributed by atoms with Gasteiger partial charge in [0.05, 0.1) is 12.8 Å². The highest BCUT2D eigenvalue weighted by Gasteiger charge is 2.15. The Morgan fingerprint density at radius 2 is 1.79 bits per heavy atom. The molecule has 0 heterocycles. The van der Waals surface area contributed by atoms with Gasteiger partial charge in [0.1, 0.15) is 6.61 Å². The Kier molecular flexibility index (Phi) is 8.67. The number of hydrogen-bond acceptors (Lipinski definition) is 5. The Morgan fingerprint density at radius 1 is 1.03 bits per heavy atom. The van der Waals surface area contributed by atoms with Gasteiger partial charge in [-0.05, 0) is 61.9 Å². The third-order valence-electron chi connectivity index (χ3n) is 4.89. The van der Waals surface area contributed by atoms with Crippen molar-refractivity contribution >= 4 is 50.7 Å². The van der Waals surface area contributed by atoms with Gasteiger partial charge in [0.2, 0.25) is 0 Å². The molecule has 176 valence electrons. The lowest BCUT2D eigenvalue weighted by Gasteiger charge is -2.13. The first-order chi connectivity index (χ1) is 16.3. The second kappa shape index (κ2) is 11.7. The molecule has 0 aliphatic heterocycles. The summed E-state index contributed by atoms with van der Waals surface area (Å²) in [5, 5.41) is 7.23. The first-order valence-corrected chi connectivity index (χ1v) is 11.4. The third-order valence-corrected chi connectivity index (χ3v) is 5.75. The van der Waals surface area contributed by atoms with Gasteiger partial charge in [-0.3, -0.25) is 9.59 Å². The van der Waals surface area contributed by atoms with E-state index in [4.69, 9.17) is 21.1 Å². The molecule has 0 atom stereocenters. The third kappa shape index (κ3) is 6.59. The summed E-state index contributed by atoms with van der Waals surface area (Å²) in [6.45, 7) is 3.82. The number of ether oxygens (including phenoxy) is 2. The lowest BCUT2D eigenvalue weighted by molar-refractivity contribution is -0.136. The number of hydrogen-bond donors (Lipinski definition) is 2. The van der Waals surface area contributed by atoms with E-state index >= 15 is 0 Å². The smallest absolute Gasteiger partial charge is 0.329 e. The summed E-state index contributed by atoms with van der Waals surface area (Å²) in [4.78, 5) is 24.4. The van der Waals surface area contributed by atoms with E-state index in [1.54, 1.807) is 43.3 Å². The minimum Gasteiger partial charge on any atom is -0.493 e. The number of methoxy groups -OCH3 is 1. The van der Waals surface area contributed by atoms with Gasteiger partial charge in [-0.25, -0.2) is 5.43 Å². The van der Waals surface area contributed by atoms with Crippen LogP contribution >= 0.6 is 27.5 Å². The molecule has 0 radical (unpaired) electrons. The van der Waals surface area contributed by atoms with Crippen molar-refractivity contribution in [2.75, 3.05) is 12.4 Å².